The highest BCUT2D eigenvalue weighted by atomic mass is 16.6. The van der Waals surface area contributed by atoms with Gasteiger partial charge in [-0.05, 0) is 25.9 Å². The van der Waals surface area contributed by atoms with Crippen LogP contribution in [0.25, 0.3) is 0 Å². The molecule has 0 aliphatic heterocycles. The fraction of sp³-hybridized carbons (Fsp3) is 0.750. The highest BCUT2D eigenvalue weighted by Crippen LogP contribution is 2.07. The number of alkyl carbamates (subject to hydrolysis) is 1. The molecule has 0 radical (unpaired) electrons. The molecule has 0 aliphatic carbocycles. The van der Waals surface area contributed by atoms with Crippen molar-refractivity contribution in [3.05, 3.63) is 17.3 Å². The molecular weight excluding hydrogens is 344 g/mol. The smallest absolute Gasteiger partial charge is 0.407 e. The van der Waals surface area contributed by atoms with Gasteiger partial charge in [-0.1, -0.05) is 0 Å². The van der Waals surface area contributed by atoms with Gasteiger partial charge < -0.3 is 24.3 Å². The molecule has 26 heavy (non-hydrogen) atoms. The van der Waals surface area contributed by atoms with Gasteiger partial charge in [0.25, 0.3) is 0 Å². The van der Waals surface area contributed by atoms with Crippen LogP contribution in [0.4, 0.5) is 10.5 Å². The quantitative estimate of drug-likeness (QED) is 0.415. The van der Waals surface area contributed by atoms with Crippen LogP contribution in [0, 0.1) is 4.91 Å². The van der Waals surface area contributed by atoms with E-state index in [1.54, 1.807) is 10.9 Å². The van der Waals surface area contributed by atoms with E-state index in [2.05, 4.69) is 15.6 Å². The van der Waals surface area contributed by atoms with Crippen LogP contribution in [-0.4, -0.2) is 67.7 Å². The maximum absolute atomic E-state index is 11.4. The maximum Gasteiger partial charge on any atom is 0.407 e. The largest absolute Gasteiger partial charge is 0.444 e. The average Bonchev–Trinajstić information content (AvgIpc) is 3.02. The second kappa shape index (κ2) is 12.3. The van der Waals surface area contributed by atoms with E-state index >= 15 is 0 Å². The number of ether oxygens (including phenoxy) is 4. The predicted octanol–water partition coefficient (Wildman–Crippen LogP) is 1.86. The summed E-state index contributed by atoms with van der Waals surface area (Å²) in [6.07, 6.45) is 2.50. The Bertz CT molecular complexity index is 529. The number of amides is 1. The van der Waals surface area contributed by atoms with Gasteiger partial charge in [-0.2, -0.15) is 5.10 Å². The Balaban J connectivity index is 1.83. The monoisotopic (exact) mass is 372 g/mol. The van der Waals surface area contributed by atoms with Crippen molar-refractivity contribution in [2.24, 2.45) is 5.18 Å². The highest BCUT2D eigenvalue weighted by molar-refractivity contribution is 5.67. The fourth-order valence-corrected chi connectivity index (χ4v) is 1.76. The van der Waals surface area contributed by atoms with Crippen LogP contribution in [0.15, 0.2) is 17.6 Å². The minimum Gasteiger partial charge on any atom is -0.444 e. The number of nitrogens with one attached hydrogen (secondary N) is 1. The molecule has 148 valence electrons. The molecule has 0 saturated carbocycles. The number of carbonyl (C=O) groups excluding carboxylic acids is 1. The summed E-state index contributed by atoms with van der Waals surface area (Å²) in [4.78, 5) is 21.6. The van der Waals surface area contributed by atoms with E-state index in [4.69, 9.17) is 18.9 Å². The van der Waals surface area contributed by atoms with Crippen molar-refractivity contribution in [3.63, 3.8) is 0 Å². The van der Waals surface area contributed by atoms with Crippen molar-refractivity contribution in [3.8, 4) is 0 Å². The number of carbonyl (C=O) groups is 1. The van der Waals surface area contributed by atoms with Crippen LogP contribution < -0.4 is 5.32 Å². The zero-order chi connectivity index (χ0) is 19.3. The van der Waals surface area contributed by atoms with E-state index in [0.29, 0.717) is 58.4 Å². The van der Waals surface area contributed by atoms with Crippen molar-refractivity contribution < 1.29 is 23.7 Å². The van der Waals surface area contributed by atoms with Gasteiger partial charge in [0.1, 0.15) is 11.3 Å². The molecule has 0 unspecified atom stereocenters. The molecular formula is C16H28N4O6. The van der Waals surface area contributed by atoms with E-state index in [0.717, 1.165) is 0 Å². The van der Waals surface area contributed by atoms with E-state index in [9.17, 15) is 9.70 Å². The van der Waals surface area contributed by atoms with E-state index in [-0.39, 0.29) is 0 Å². The zero-order valence-corrected chi connectivity index (χ0v) is 15.6. The van der Waals surface area contributed by atoms with Crippen molar-refractivity contribution in [1.29, 1.82) is 0 Å². The van der Waals surface area contributed by atoms with Crippen molar-refractivity contribution >= 4 is 11.8 Å². The first-order valence-corrected chi connectivity index (χ1v) is 8.46. The average molecular weight is 372 g/mol. The van der Waals surface area contributed by atoms with Gasteiger partial charge in [0.05, 0.1) is 58.6 Å². The highest BCUT2D eigenvalue weighted by Gasteiger charge is 2.15. The molecule has 1 aromatic rings. The van der Waals surface area contributed by atoms with Crippen LogP contribution in [0.1, 0.15) is 20.8 Å². The first-order valence-electron chi connectivity index (χ1n) is 8.46. The number of hydrogen-bond acceptors (Lipinski definition) is 8. The Kier molecular flexibility index (Phi) is 10.4. The Hall–Kier alpha value is -2.04. The van der Waals surface area contributed by atoms with Gasteiger partial charge >= 0.3 is 6.09 Å². The molecule has 0 atom stereocenters. The minimum absolute atomic E-state index is 0.301. The third-order valence-electron chi connectivity index (χ3n) is 2.85. The summed E-state index contributed by atoms with van der Waals surface area (Å²) >= 11 is 0. The van der Waals surface area contributed by atoms with Crippen LogP contribution in [-0.2, 0) is 25.5 Å². The molecule has 1 rings (SSSR count). The van der Waals surface area contributed by atoms with E-state index < -0.39 is 11.7 Å². The molecule has 0 bridgehead atoms. The Labute approximate surface area is 153 Å². The summed E-state index contributed by atoms with van der Waals surface area (Å²) in [5, 5.41) is 9.35. The van der Waals surface area contributed by atoms with Gasteiger partial charge in [0, 0.05) is 6.54 Å². The molecule has 0 saturated heterocycles. The number of rotatable bonds is 13. The summed E-state index contributed by atoms with van der Waals surface area (Å²) in [7, 11) is 0. The molecule has 0 fully saturated rings. The van der Waals surface area contributed by atoms with Gasteiger partial charge in [-0.15, -0.1) is 4.91 Å². The fourth-order valence-electron chi connectivity index (χ4n) is 1.76. The van der Waals surface area contributed by atoms with Gasteiger partial charge in [0.2, 0.25) is 0 Å². The standard InChI is InChI=1S/C16H28N4O6/c1-16(2,3)26-15(21)17-4-6-23-8-10-25-11-9-24-7-5-20-13-14(19-22)12-18-20/h12-13H,4-11H2,1-3H3,(H,17,21). The molecule has 1 aromatic heterocycles. The first-order chi connectivity index (χ1) is 12.4. The normalized spacial score (nSPS) is 11.3. The zero-order valence-electron chi connectivity index (χ0n) is 15.6. The van der Waals surface area contributed by atoms with Crippen LogP contribution in [0.3, 0.4) is 0 Å². The number of nitroso groups, excluding NO2 is 1. The Morgan fingerprint density at radius 3 is 2.31 bits per heavy atom. The summed E-state index contributed by atoms with van der Waals surface area (Å²) in [6, 6.07) is 0. The molecule has 0 aromatic carbocycles. The summed E-state index contributed by atoms with van der Waals surface area (Å²) < 4.78 is 22.8. The second-order valence-electron chi connectivity index (χ2n) is 6.32. The lowest BCUT2D eigenvalue weighted by atomic mass is 10.2. The lowest BCUT2D eigenvalue weighted by Crippen LogP contribution is -2.34. The summed E-state index contributed by atoms with van der Waals surface area (Å²) in [5.41, 5.74) is -0.204. The molecule has 10 nitrogen and oxygen atoms in total. The minimum atomic E-state index is -0.505. The summed E-state index contributed by atoms with van der Waals surface area (Å²) in [5.74, 6) is 0. The van der Waals surface area contributed by atoms with Crippen molar-refractivity contribution in [2.45, 2.75) is 32.9 Å². The molecule has 10 heteroatoms. The number of aromatic nitrogens is 2. The van der Waals surface area contributed by atoms with Gasteiger partial charge in [0.15, 0.2) is 0 Å². The molecule has 1 amide bonds. The third-order valence-corrected chi connectivity index (χ3v) is 2.85. The predicted molar refractivity (Wildman–Crippen MR) is 94.4 cm³/mol. The van der Waals surface area contributed by atoms with Crippen LogP contribution in [0.5, 0.6) is 0 Å². The van der Waals surface area contributed by atoms with E-state index in [1.807, 2.05) is 20.8 Å². The maximum atomic E-state index is 11.4. The lowest BCUT2D eigenvalue weighted by molar-refractivity contribution is 0.0123. The van der Waals surface area contributed by atoms with Crippen molar-refractivity contribution in [1.82, 2.24) is 15.1 Å². The Morgan fingerprint density at radius 1 is 1.12 bits per heavy atom. The van der Waals surface area contributed by atoms with E-state index in [1.165, 1.54) is 6.20 Å². The number of nitrogens with zero attached hydrogens (tertiary/aromatic N) is 3. The third kappa shape index (κ3) is 11.5. The SMILES string of the molecule is CC(C)(C)OC(=O)NCCOCCOCCOCCn1cc(N=O)cn1. The van der Waals surface area contributed by atoms with Crippen molar-refractivity contribution in [2.75, 3.05) is 46.2 Å². The topological polar surface area (TPSA) is 113 Å². The van der Waals surface area contributed by atoms with Gasteiger partial charge in [-0.3, -0.25) is 4.68 Å². The van der Waals surface area contributed by atoms with Crippen LogP contribution >= 0.6 is 0 Å². The lowest BCUT2D eigenvalue weighted by Gasteiger charge is -2.19. The molecule has 0 spiro atoms. The first kappa shape index (κ1) is 22.0. The second-order valence-corrected chi connectivity index (χ2v) is 6.32. The number of hydrogen-bond donors (Lipinski definition) is 1. The molecule has 1 N–H and O–H groups in total. The van der Waals surface area contributed by atoms with Gasteiger partial charge in [-0.25, -0.2) is 4.79 Å². The molecule has 0 aliphatic rings. The molecule has 1 heterocycles. The van der Waals surface area contributed by atoms with Crippen LogP contribution in [0.2, 0.25) is 0 Å². The summed E-state index contributed by atoms with van der Waals surface area (Å²) in [6.45, 7) is 9.01. The Morgan fingerprint density at radius 2 is 1.73 bits per heavy atom.